The maximum absolute atomic E-state index is 9.42. The van der Waals surface area contributed by atoms with Crippen molar-refractivity contribution in [3.63, 3.8) is 0 Å². The molecular formula is C13H16ClNO. The van der Waals surface area contributed by atoms with Crippen molar-refractivity contribution in [1.82, 2.24) is 4.57 Å². The molecule has 0 saturated heterocycles. The molecule has 0 radical (unpaired) electrons. The van der Waals surface area contributed by atoms with E-state index in [2.05, 4.69) is 32.9 Å². The molecule has 3 heteroatoms. The van der Waals surface area contributed by atoms with Crippen LogP contribution < -0.4 is 0 Å². The Hall–Kier alpha value is -0.990. The van der Waals surface area contributed by atoms with Crippen molar-refractivity contribution < 1.29 is 5.11 Å². The summed E-state index contributed by atoms with van der Waals surface area (Å²) in [6.07, 6.45) is 0. The van der Waals surface area contributed by atoms with Gasteiger partial charge in [-0.2, -0.15) is 0 Å². The molecular weight excluding hydrogens is 222 g/mol. The second kappa shape index (κ2) is 4.11. The third-order valence-electron chi connectivity index (χ3n) is 3.01. The number of nitrogens with zero attached hydrogens (tertiary/aromatic N) is 1. The van der Waals surface area contributed by atoms with E-state index in [1.165, 1.54) is 11.1 Å². The van der Waals surface area contributed by atoms with Crippen LogP contribution >= 0.6 is 11.6 Å². The van der Waals surface area contributed by atoms with Crippen molar-refractivity contribution in [3.8, 4) is 0 Å². The van der Waals surface area contributed by atoms with Gasteiger partial charge in [0.2, 0.25) is 0 Å². The standard InChI is InChI=1S/C13H16ClNO/c1-4-15-11-6-8(2)5-9(3)12(11)10(7-16)13(15)14/h5-6,16H,4,7H2,1-3H3. The topological polar surface area (TPSA) is 25.2 Å². The molecule has 1 heterocycles. The normalized spacial score (nSPS) is 11.3. The highest BCUT2D eigenvalue weighted by molar-refractivity contribution is 6.32. The Labute approximate surface area is 100 Å². The fraction of sp³-hybridized carbons (Fsp3) is 0.385. The summed E-state index contributed by atoms with van der Waals surface area (Å²) >= 11 is 6.28. The highest BCUT2D eigenvalue weighted by atomic mass is 35.5. The van der Waals surface area contributed by atoms with E-state index >= 15 is 0 Å². The first-order valence-corrected chi connectivity index (χ1v) is 5.86. The molecule has 0 aliphatic rings. The highest BCUT2D eigenvalue weighted by Gasteiger charge is 2.15. The number of hydrogen-bond donors (Lipinski definition) is 1. The number of aryl methyl sites for hydroxylation is 3. The lowest BCUT2D eigenvalue weighted by Gasteiger charge is -2.04. The number of halogens is 1. The van der Waals surface area contributed by atoms with Gasteiger partial charge in [-0.05, 0) is 38.0 Å². The summed E-state index contributed by atoms with van der Waals surface area (Å²) in [5.41, 5.74) is 4.36. The Morgan fingerprint density at radius 2 is 2.00 bits per heavy atom. The van der Waals surface area contributed by atoms with Crippen LogP contribution in [-0.4, -0.2) is 9.67 Å². The molecule has 0 saturated carbocycles. The molecule has 1 aromatic heterocycles. The Morgan fingerprint density at radius 3 is 2.56 bits per heavy atom. The summed E-state index contributed by atoms with van der Waals surface area (Å²) in [4.78, 5) is 0. The maximum Gasteiger partial charge on any atom is 0.115 e. The summed E-state index contributed by atoms with van der Waals surface area (Å²) in [7, 11) is 0. The van der Waals surface area contributed by atoms with Gasteiger partial charge in [-0.15, -0.1) is 0 Å². The van der Waals surface area contributed by atoms with Crippen LogP contribution in [0.2, 0.25) is 5.15 Å². The van der Waals surface area contributed by atoms with Gasteiger partial charge in [0.05, 0.1) is 12.1 Å². The number of aromatic nitrogens is 1. The van der Waals surface area contributed by atoms with Crippen LogP contribution in [0.1, 0.15) is 23.6 Å². The van der Waals surface area contributed by atoms with Gasteiger partial charge in [0, 0.05) is 17.5 Å². The van der Waals surface area contributed by atoms with E-state index in [1.807, 2.05) is 4.57 Å². The number of aliphatic hydroxyl groups excluding tert-OH is 1. The van der Waals surface area contributed by atoms with Gasteiger partial charge in [-0.25, -0.2) is 0 Å². The Kier molecular flexibility index (Phi) is 2.96. The molecule has 0 spiro atoms. The summed E-state index contributed by atoms with van der Waals surface area (Å²) in [5, 5.41) is 11.2. The van der Waals surface area contributed by atoms with Crippen molar-refractivity contribution in [1.29, 1.82) is 0 Å². The van der Waals surface area contributed by atoms with Crippen LogP contribution in [0.4, 0.5) is 0 Å². The van der Waals surface area contributed by atoms with Gasteiger partial charge in [0.15, 0.2) is 0 Å². The molecule has 0 atom stereocenters. The van der Waals surface area contributed by atoms with Gasteiger partial charge >= 0.3 is 0 Å². The van der Waals surface area contributed by atoms with Gasteiger partial charge in [-0.3, -0.25) is 0 Å². The number of fused-ring (bicyclic) bond motifs is 1. The largest absolute Gasteiger partial charge is 0.392 e. The first kappa shape index (κ1) is 11.5. The first-order chi connectivity index (χ1) is 7.60. The fourth-order valence-corrected chi connectivity index (χ4v) is 2.74. The van der Waals surface area contributed by atoms with E-state index < -0.39 is 0 Å². The minimum Gasteiger partial charge on any atom is -0.392 e. The highest BCUT2D eigenvalue weighted by Crippen LogP contribution is 2.33. The van der Waals surface area contributed by atoms with Crippen LogP contribution in [0.5, 0.6) is 0 Å². The van der Waals surface area contributed by atoms with E-state index in [0.29, 0.717) is 5.15 Å². The molecule has 0 amide bonds. The average molecular weight is 238 g/mol. The molecule has 1 N–H and O–H groups in total. The number of hydrogen-bond acceptors (Lipinski definition) is 1. The van der Waals surface area contributed by atoms with E-state index in [4.69, 9.17) is 11.6 Å². The SMILES string of the molecule is CCn1c(Cl)c(CO)c2c(C)cc(C)cc21. The van der Waals surface area contributed by atoms with Crippen LogP contribution in [0.15, 0.2) is 12.1 Å². The van der Waals surface area contributed by atoms with Crippen molar-refractivity contribution in [2.24, 2.45) is 0 Å². The molecule has 0 fully saturated rings. The van der Waals surface area contributed by atoms with E-state index in [1.54, 1.807) is 0 Å². The zero-order chi connectivity index (χ0) is 11.9. The molecule has 0 aliphatic heterocycles. The Morgan fingerprint density at radius 1 is 1.31 bits per heavy atom. The molecule has 16 heavy (non-hydrogen) atoms. The lowest BCUT2D eigenvalue weighted by molar-refractivity contribution is 0.283. The van der Waals surface area contributed by atoms with Gasteiger partial charge in [0.25, 0.3) is 0 Å². The number of aliphatic hydroxyl groups is 1. The second-order valence-electron chi connectivity index (χ2n) is 4.15. The predicted octanol–water partition coefficient (Wildman–Crippen LogP) is 3.42. The number of rotatable bonds is 2. The zero-order valence-electron chi connectivity index (χ0n) is 9.84. The van der Waals surface area contributed by atoms with E-state index in [0.717, 1.165) is 23.0 Å². The summed E-state index contributed by atoms with van der Waals surface area (Å²) in [6, 6.07) is 4.24. The molecule has 0 unspecified atom stereocenters. The van der Waals surface area contributed by atoms with E-state index in [-0.39, 0.29) is 6.61 Å². The lowest BCUT2D eigenvalue weighted by atomic mass is 10.0. The van der Waals surface area contributed by atoms with Gasteiger partial charge in [-0.1, -0.05) is 17.7 Å². The van der Waals surface area contributed by atoms with Crippen molar-refractivity contribution in [3.05, 3.63) is 34.0 Å². The molecule has 2 rings (SSSR count). The van der Waals surface area contributed by atoms with E-state index in [9.17, 15) is 5.11 Å². The summed E-state index contributed by atoms with van der Waals surface area (Å²) in [6.45, 7) is 7.01. The molecule has 2 aromatic rings. The van der Waals surface area contributed by atoms with Crippen molar-refractivity contribution in [2.45, 2.75) is 33.9 Å². The molecule has 0 aliphatic carbocycles. The van der Waals surface area contributed by atoms with Crippen LogP contribution in [-0.2, 0) is 13.2 Å². The maximum atomic E-state index is 9.42. The average Bonchev–Trinajstić information content (AvgIpc) is 2.49. The van der Waals surface area contributed by atoms with Gasteiger partial charge in [0.1, 0.15) is 5.15 Å². The van der Waals surface area contributed by atoms with Crippen LogP contribution in [0.3, 0.4) is 0 Å². The molecule has 1 aromatic carbocycles. The van der Waals surface area contributed by atoms with Crippen molar-refractivity contribution in [2.75, 3.05) is 0 Å². The smallest absolute Gasteiger partial charge is 0.115 e. The third-order valence-corrected chi connectivity index (χ3v) is 3.44. The second-order valence-corrected chi connectivity index (χ2v) is 4.51. The quantitative estimate of drug-likeness (QED) is 0.851. The molecule has 0 bridgehead atoms. The zero-order valence-corrected chi connectivity index (χ0v) is 10.6. The molecule has 2 nitrogen and oxygen atoms in total. The van der Waals surface area contributed by atoms with Crippen molar-refractivity contribution >= 4 is 22.5 Å². The van der Waals surface area contributed by atoms with Gasteiger partial charge < -0.3 is 9.67 Å². The minimum atomic E-state index is -0.00770. The molecule has 86 valence electrons. The lowest BCUT2D eigenvalue weighted by Crippen LogP contribution is -1.94. The van der Waals surface area contributed by atoms with Crippen LogP contribution in [0.25, 0.3) is 10.9 Å². The Bertz CT molecular complexity index is 543. The fourth-order valence-electron chi connectivity index (χ4n) is 2.38. The monoisotopic (exact) mass is 237 g/mol. The number of benzene rings is 1. The third kappa shape index (κ3) is 1.53. The first-order valence-electron chi connectivity index (χ1n) is 5.48. The summed E-state index contributed by atoms with van der Waals surface area (Å²) < 4.78 is 2.04. The Balaban J connectivity index is 2.94. The van der Waals surface area contributed by atoms with Crippen LogP contribution in [0, 0.1) is 13.8 Å². The minimum absolute atomic E-state index is 0.00770. The summed E-state index contributed by atoms with van der Waals surface area (Å²) in [5.74, 6) is 0. The predicted molar refractivity (Wildman–Crippen MR) is 68.0 cm³/mol.